The van der Waals surface area contributed by atoms with Crippen molar-refractivity contribution < 1.29 is 13.2 Å². The standard InChI is InChI=1S/C12H21N3O3S2/c1-8-6-15(7-9(2)18-8)20(16,17)13-5-12-10(3)19-11(4)14-12/h8-9,13H,5-7H2,1-4H3. The molecule has 0 spiro atoms. The molecule has 6 nitrogen and oxygen atoms in total. The molecular weight excluding hydrogens is 298 g/mol. The Hall–Kier alpha value is -0.540. The van der Waals surface area contributed by atoms with Crippen molar-refractivity contribution in [2.45, 2.75) is 46.4 Å². The smallest absolute Gasteiger partial charge is 0.279 e. The van der Waals surface area contributed by atoms with E-state index in [-0.39, 0.29) is 18.8 Å². The maximum Gasteiger partial charge on any atom is 0.279 e. The van der Waals surface area contributed by atoms with Crippen LogP contribution in [-0.2, 0) is 21.5 Å². The largest absolute Gasteiger partial charge is 0.373 e. The van der Waals surface area contributed by atoms with Crippen LogP contribution in [0.5, 0.6) is 0 Å². The van der Waals surface area contributed by atoms with Crippen molar-refractivity contribution in [3.05, 3.63) is 15.6 Å². The molecule has 1 fully saturated rings. The van der Waals surface area contributed by atoms with E-state index in [2.05, 4.69) is 9.71 Å². The summed E-state index contributed by atoms with van der Waals surface area (Å²) in [6.07, 6.45) is -0.169. The van der Waals surface area contributed by atoms with Crippen LogP contribution in [0.1, 0.15) is 29.4 Å². The molecule has 0 bridgehead atoms. The summed E-state index contributed by atoms with van der Waals surface area (Å²) in [5.74, 6) is 0. The van der Waals surface area contributed by atoms with Gasteiger partial charge in [0.05, 0.1) is 29.5 Å². The summed E-state index contributed by atoms with van der Waals surface area (Å²) in [4.78, 5) is 5.39. The lowest BCUT2D eigenvalue weighted by molar-refractivity contribution is -0.0444. The predicted octanol–water partition coefficient (Wildman–Crippen LogP) is 1.20. The normalized spacial score (nSPS) is 25.0. The molecule has 0 aliphatic carbocycles. The summed E-state index contributed by atoms with van der Waals surface area (Å²) in [7, 11) is -3.49. The fourth-order valence-corrected chi connectivity index (χ4v) is 4.46. The first-order valence-electron chi connectivity index (χ1n) is 6.61. The van der Waals surface area contributed by atoms with Crippen LogP contribution in [0.2, 0.25) is 0 Å². The van der Waals surface area contributed by atoms with Gasteiger partial charge >= 0.3 is 0 Å². The quantitative estimate of drug-likeness (QED) is 0.905. The molecule has 1 saturated heterocycles. The van der Waals surface area contributed by atoms with Crippen LogP contribution >= 0.6 is 11.3 Å². The number of nitrogens with zero attached hydrogens (tertiary/aromatic N) is 2. The summed E-state index contributed by atoms with van der Waals surface area (Å²) in [6, 6.07) is 0. The molecule has 20 heavy (non-hydrogen) atoms. The van der Waals surface area contributed by atoms with Gasteiger partial charge in [-0.3, -0.25) is 0 Å². The molecule has 2 rings (SSSR count). The van der Waals surface area contributed by atoms with Crippen LogP contribution in [0.15, 0.2) is 0 Å². The highest BCUT2D eigenvalue weighted by molar-refractivity contribution is 7.87. The highest BCUT2D eigenvalue weighted by Crippen LogP contribution is 2.17. The number of hydrogen-bond donors (Lipinski definition) is 1. The Bertz CT molecular complexity index is 561. The topological polar surface area (TPSA) is 71.5 Å². The van der Waals surface area contributed by atoms with E-state index in [0.717, 1.165) is 15.6 Å². The molecule has 2 unspecified atom stereocenters. The molecule has 1 aliphatic rings. The first-order chi connectivity index (χ1) is 9.28. The van der Waals surface area contributed by atoms with Crippen molar-refractivity contribution in [1.82, 2.24) is 14.0 Å². The molecule has 0 amide bonds. The monoisotopic (exact) mass is 319 g/mol. The molecule has 114 valence electrons. The van der Waals surface area contributed by atoms with Gasteiger partial charge in [-0.1, -0.05) is 0 Å². The molecular formula is C12H21N3O3S2. The van der Waals surface area contributed by atoms with Crippen LogP contribution in [-0.4, -0.2) is 43.0 Å². The highest BCUT2D eigenvalue weighted by Gasteiger charge is 2.30. The minimum Gasteiger partial charge on any atom is -0.373 e. The van der Waals surface area contributed by atoms with E-state index < -0.39 is 10.2 Å². The average molecular weight is 319 g/mol. The molecule has 0 aromatic carbocycles. The summed E-state index contributed by atoms with van der Waals surface area (Å²) < 4.78 is 34.2. The van der Waals surface area contributed by atoms with Crippen molar-refractivity contribution in [1.29, 1.82) is 0 Å². The molecule has 8 heteroatoms. The van der Waals surface area contributed by atoms with Gasteiger partial charge in [-0.25, -0.2) is 4.98 Å². The summed E-state index contributed by atoms with van der Waals surface area (Å²) in [6.45, 7) is 8.63. The summed E-state index contributed by atoms with van der Waals surface area (Å²) in [5.41, 5.74) is 0.797. The predicted molar refractivity (Wildman–Crippen MR) is 78.9 cm³/mol. The Morgan fingerprint density at radius 1 is 1.35 bits per heavy atom. The van der Waals surface area contributed by atoms with Crippen LogP contribution in [0.4, 0.5) is 0 Å². The van der Waals surface area contributed by atoms with Crippen LogP contribution in [0.3, 0.4) is 0 Å². The molecule has 0 radical (unpaired) electrons. The Morgan fingerprint density at radius 2 is 1.95 bits per heavy atom. The van der Waals surface area contributed by atoms with Gasteiger partial charge in [-0.15, -0.1) is 11.3 Å². The lowest BCUT2D eigenvalue weighted by Crippen LogP contribution is -2.51. The van der Waals surface area contributed by atoms with E-state index in [0.29, 0.717) is 13.1 Å². The Morgan fingerprint density at radius 3 is 2.45 bits per heavy atom. The van der Waals surface area contributed by atoms with Crippen LogP contribution in [0.25, 0.3) is 0 Å². The number of morpholine rings is 1. The van der Waals surface area contributed by atoms with E-state index in [9.17, 15) is 8.42 Å². The van der Waals surface area contributed by atoms with Gasteiger partial charge in [0.25, 0.3) is 10.2 Å². The Kier molecular flexibility index (Phi) is 4.80. The highest BCUT2D eigenvalue weighted by atomic mass is 32.2. The van der Waals surface area contributed by atoms with Crippen LogP contribution < -0.4 is 4.72 Å². The van der Waals surface area contributed by atoms with Crippen molar-refractivity contribution in [2.24, 2.45) is 0 Å². The number of ether oxygens (including phenoxy) is 1. The zero-order valence-electron chi connectivity index (χ0n) is 12.2. The van der Waals surface area contributed by atoms with Crippen LogP contribution in [0, 0.1) is 13.8 Å². The lowest BCUT2D eigenvalue weighted by Gasteiger charge is -2.34. The maximum atomic E-state index is 12.3. The van der Waals surface area contributed by atoms with Gasteiger partial charge in [-0.2, -0.15) is 17.4 Å². The van der Waals surface area contributed by atoms with Gasteiger partial charge in [0.1, 0.15) is 0 Å². The minimum atomic E-state index is -3.49. The third-order valence-corrected chi connectivity index (χ3v) is 5.56. The third kappa shape index (κ3) is 3.76. The SMILES string of the molecule is Cc1nc(CNS(=O)(=O)N2CC(C)OC(C)C2)c(C)s1. The van der Waals surface area contributed by atoms with E-state index in [1.54, 1.807) is 11.3 Å². The second-order valence-corrected chi connectivity index (χ2v) is 8.30. The Labute approximate surface area is 124 Å². The van der Waals surface area contributed by atoms with Gasteiger partial charge < -0.3 is 4.74 Å². The van der Waals surface area contributed by atoms with Crippen molar-refractivity contribution in [2.75, 3.05) is 13.1 Å². The number of rotatable bonds is 4. The third-order valence-electron chi connectivity index (χ3n) is 3.15. The number of aromatic nitrogens is 1. The fourth-order valence-electron chi connectivity index (χ4n) is 2.31. The summed E-state index contributed by atoms with van der Waals surface area (Å²) in [5, 5.41) is 0.949. The van der Waals surface area contributed by atoms with E-state index in [4.69, 9.17) is 4.74 Å². The number of thiazole rings is 1. The molecule has 1 aliphatic heterocycles. The van der Waals surface area contributed by atoms with Gasteiger partial charge in [0, 0.05) is 18.0 Å². The first kappa shape index (κ1) is 15.8. The summed E-state index contributed by atoms with van der Waals surface area (Å²) >= 11 is 1.58. The molecule has 1 N–H and O–H groups in total. The van der Waals surface area contributed by atoms with Gasteiger partial charge in [0.2, 0.25) is 0 Å². The second kappa shape index (κ2) is 6.07. The molecule has 0 saturated carbocycles. The molecule has 1 aromatic rings. The first-order valence-corrected chi connectivity index (χ1v) is 8.86. The lowest BCUT2D eigenvalue weighted by atomic mass is 10.3. The number of nitrogens with one attached hydrogen (secondary N) is 1. The number of hydrogen-bond acceptors (Lipinski definition) is 5. The number of aryl methyl sites for hydroxylation is 2. The van der Waals surface area contributed by atoms with Crippen molar-refractivity contribution in [3.8, 4) is 0 Å². The maximum absolute atomic E-state index is 12.3. The second-order valence-electron chi connectivity index (χ2n) is 5.14. The van der Waals surface area contributed by atoms with E-state index in [1.165, 1.54) is 4.31 Å². The van der Waals surface area contributed by atoms with Crippen molar-refractivity contribution >= 4 is 21.5 Å². The zero-order chi connectivity index (χ0) is 14.9. The fraction of sp³-hybridized carbons (Fsp3) is 0.750. The van der Waals surface area contributed by atoms with E-state index in [1.807, 2.05) is 27.7 Å². The van der Waals surface area contributed by atoms with E-state index >= 15 is 0 Å². The molecule has 1 aromatic heterocycles. The zero-order valence-corrected chi connectivity index (χ0v) is 13.8. The molecule has 2 atom stereocenters. The van der Waals surface area contributed by atoms with Gasteiger partial charge in [-0.05, 0) is 27.7 Å². The van der Waals surface area contributed by atoms with Gasteiger partial charge in [0.15, 0.2) is 0 Å². The Balaban J connectivity index is 2.02. The molecule has 2 heterocycles. The minimum absolute atomic E-state index is 0.0846. The van der Waals surface area contributed by atoms with Crippen molar-refractivity contribution in [3.63, 3.8) is 0 Å². The average Bonchev–Trinajstić information content (AvgIpc) is 2.64.